The van der Waals surface area contributed by atoms with Gasteiger partial charge < -0.3 is 0 Å². The van der Waals surface area contributed by atoms with E-state index in [-0.39, 0.29) is 11.2 Å². The maximum Gasteiger partial charge on any atom is 0.123 e. The minimum atomic E-state index is -0.169. The molecule has 0 spiro atoms. The van der Waals surface area contributed by atoms with Crippen LogP contribution < -0.4 is 0 Å². The standard InChI is InChI=1S/C10H9F/c1-10(6-7-10)8-2-4-9(11)5-3-8/h2-7H,1H3. The number of hydrogen-bond donors (Lipinski definition) is 0. The van der Waals surface area contributed by atoms with Gasteiger partial charge in [-0.1, -0.05) is 24.3 Å². The molecule has 0 N–H and O–H groups in total. The number of rotatable bonds is 1. The fourth-order valence-corrected chi connectivity index (χ4v) is 1.13. The van der Waals surface area contributed by atoms with Crippen molar-refractivity contribution < 1.29 is 4.39 Å². The Balaban J connectivity index is 2.34. The van der Waals surface area contributed by atoms with E-state index in [9.17, 15) is 4.39 Å². The fourth-order valence-electron chi connectivity index (χ4n) is 1.13. The van der Waals surface area contributed by atoms with Crippen LogP contribution in [0.5, 0.6) is 0 Å². The first-order chi connectivity index (χ1) is 5.21. The van der Waals surface area contributed by atoms with Gasteiger partial charge in [-0.3, -0.25) is 0 Å². The second-order valence-electron chi connectivity index (χ2n) is 3.12. The average molecular weight is 148 g/mol. The second-order valence-corrected chi connectivity index (χ2v) is 3.12. The van der Waals surface area contributed by atoms with E-state index < -0.39 is 0 Å². The topological polar surface area (TPSA) is 0 Å². The molecule has 2 rings (SSSR count). The van der Waals surface area contributed by atoms with Crippen molar-refractivity contribution in [2.24, 2.45) is 0 Å². The van der Waals surface area contributed by atoms with Gasteiger partial charge in [0, 0.05) is 5.41 Å². The molecule has 0 fully saturated rings. The molecule has 1 heteroatoms. The molecule has 1 aromatic carbocycles. The monoisotopic (exact) mass is 148 g/mol. The van der Waals surface area contributed by atoms with Crippen molar-refractivity contribution in [2.75, 3.05) is 0 Å². The molecule has 0 radical (unpaired) electrons. The van der Waals surface area contributed by atoms with Crippen LogP contribution in [0.25, 0.3) is 0 Å². The summed E-state index contributed by atoms with van der Waals surface area (Å²) >= 11 is 0. The molecule has 0 saturated carbocycles. The van der Waals surface area contributed by atoms with Crippen LogP contribution in [-0.2, 0) is 5.41 Å². The van der Waals surface area contributed by atoms with Gasteiger partial charge in [0.15, 0.2) is 0 Å². The molecule has 0 aromatic heterocycles. The summed E-state index contributed by atoms with van der Waals surface area (Å²) in [4.78, 5) is 0. The maximum atomic E-state index is 12.5. The third-order valence-electron chi connectivity index (χ3n) is 2.13. The molecule has 0 nitrogen and oxygen atoms in total. The predicted octanol–water partition coefficient (Wildman–Crippen LogP) is 2.65. The number of halogens is 1. The molecule has 0 heterocycles. The molecule has 0 bridgehead atoms. The van der Waals surface area contributed by atoms with Gasteiger partial charge in [0.25, 0.3) is 0 Å². The summed E-state index contributed by atoms with van der Waals surface area (Å²) in [6, 6.07) is 6.66. The first-order valence-electron chi connectivity index (χ1n) is 3.67. The van der Waals surface area contributed by atoms with Gasteiger partial charge in [-0.25, -0.2) is 4.39 Å². The van der Waals surface area contributed by atoms with E-state index in [1.165, 1.54) is 17.7 Å². The van der Waals surface area contributed by atoms with Crippen molar-refractivity contribution in [3.63, 3.8) is 0 Å². The lowest BCUT2D eigenvalue weighted by molar-refractivity contribution is 0.626. The average Bonchev–Trinajstić information content (AvgIpc) is 2.70. The van der Waals surface area contributed by atoms with E-state index in [4.69, 9.17) is 0 Å². The maximum absolute atomic E-state index is 12.5. The summed E-state index contributed by atoms with van der Waals surface area (Å²) in [5.74, 6) is -0.169. The van der Waals surface area contributed by atoms with Gasteiger partial charge in [-0.15, -0.1) is 0 Å². The Morgan fingerprint density at radius 3 is 2.09 bits per heavy atom. The smallest absolute Gasteiger partial charge is 0.123 e. The number of benzene rings is 1. The van der Waals surface area contributed by atoms with E-state index >= 15 is 0 Å². The van der Waals surface area contributed by atoms with Crippen molar-refractivity contribution in [3.05, 3.63) is 47.8 Å². The summed E-state index contributed by atoms with van der Waals surface area (Å²) in [5, 5.41) is 0. The Morgan fingerprint density at radius 1 is 1.09 bits per heavy atom. The van der Waals surface area contributed by atoms with Gasteiger partial charge >= 0.3 is 0 Å². The highest BCUT2D eigenvalue weighted by atomic mass is 19.1. The van der Waals surface area contributed by atoms with Crippen molar-refractivity contribution in [3.8, 4) is 0 Å². The molecule has 11 heavy (non-hydrogen) atoms. The van der Waals surface area contributed by atoms with E-state index in [0.29, 0.717) is 0 Å². The zero-order valence-electron chi connectivity index (χ0n) is 6.34. The highest BCUT2D eigenvalue weighted by Gasteiger charge is 2.29. The second kappa shape index (κ2) is 1.94. The van der Waals surface area contributed by atoms with Crippen molar-refractivity contribution in [1.82, 2.24) is 0 Å². The normalized spacial score (nSPS) is 18.4. The summed E-state index contributed by atoms with van der Waals surface area (Å²) < 4.78 is 12.5. The predicted molar refractivity (Wildman–Crippen MR) is 42.9 cm³/mol. The van der Waals surface area contributed by atoms with Crippen LogP contribution in [0.4, 0.5) is 4.39 Å². The van der Waals surface area contributed by atoms with E-state index in [1.807, 2.05) is 12.1 Å². The van der Waals surface area contributed by atoms with Crippen LogP contribution >= 0.6 is 0 Å². The van der Waals surface area contributed by atoms with Crippen LogP contribution in [0.15, 0.2) is 36.4 Å². The van der Waals surface area contributed by atoms with E-state index in [1.54, 1.807) is 0 Å². The Bertz CT molecular complexity index is 289. The van der Waals surface area contributed by atoms with Gasteiger partial charge in [-0.2, -0.15) is 0 Å². The van der Waals surface area contributed by atoms with Crippen LogP contribution in [0.2, 0.25) is 0 Å². The van der Waals surface area contributed by atoms with Crippen LogP contribution in [0.3, 0.4) is 0 Å². The van der Waals surface area contributed by atoms with Crippen LogP contribution in [0.1, 0.15) is 12.5 Å². The van der Waals surface area contributed by atoms with Gasteiger partial charge in [0.05, 0.1) is 0 Å². The molecular formula is C10H9F. The molecule has 0 amide bonds. The molecule has 0 unspecified atom stereocenters. The SMILES string of the molecule is CC1(c2ccc(F)cc2)C=C1. The van der Waals surface area contributed by atoms with Crippen molar-refractivity contribution in [1.29, 1.82) is 0 Å². The first-order valence-corrected chi connectivity index (χ1v) is 3.67. The Labute approximate surface area is 65.4 Å². The zero-order chi connectivity index (χ0) is 7.90. The quantitative estimate of drug-likeness (QED) is 0.537. The zero-order valence-corrected chi connectivity index (χ0v) is 6.34. The lowest BCUT2D eigenvalue weighted by Crippen LogP contribution is -2.00. The first kappa shape index (κ1) is 6.59. The fraction of sp³-hybridized carbons (Fsp3) is 0.200. The summed E-state index contributed by atoms with van der Waals surface area (Å²) in [6.45, 7) is 2.11. The van der Waals surface area contributed by atoms with E-state index in [0.717, 1.165) is 0 Å². The summed E-state index contributed by atoms with van der Waals surface area (Å²) in [7, 11) is 0. The van der Waals surface area contributed by atoms with Gasteiger partial charge in [0.1, 0.15) is 5.82 Å². The van der Waals surface area contributed by atoms with Gasteiger partial charge in [-0.05, 0) is 24.6 Å². The minimum Gasteiger partial charge on any atom is -0.207 e. The van der Waals surface area contributed by atoms with E-state index in [2.05, 4.69) is 19.1 Å². The number of allylic oxidation sites excluding steroid dienone is 2. The van der Waals surface area contributed by atoms with Gasteiger partial charge in [0.2, 0.25) is 0 Å². The van der Waals surface area contributed by atoms with Crippen LogP contribution in [-0.4, -0.2) is 0 Å². The minimum absolute atomic E-state index is 0.119. The lowest BCUT2D eigenvalue weighted by Gasteiger charge is -2.07. The largest absolute Gasteiger partial charge is 0.207 e. The molecule has 0 atom stereocenters. The van der Waals surface area contributed by atoms with Crippen molar-refractivity contribution in [2.45, 2.75) is 12.3 Å². The lowest BCUT2D eigenvalue weighted by atomic mass is 9.96. The third kappa shape index (κ3) is 1.07. The molecular weight excluding hydrogens is 139 g/mol. The van der Waals surface area contributed by atoms with Crippen molar-refractivity contribution >= 4 is 0 Å². The molecule has 1 aliphatic carbocycles. The molecule has 1 aliphatic rings. The Kier molecular flexibility index (Phi) is 1.16. The third-order valence-corrected chi connectivity index (χ3v) is 2.13. The molecule has 1 aromatic rings. The Morgan fingerprint density at radius 2 is 1.64 bits per heavy atom. The Hall–Kier alpha value is -1.11. The molecule has 0 aliphatic heterocycles. The molecule has 56 valence electrons. The molecule has 0 saturated heterocycles. The summed E-state index contributed by atoms with van der Waals surface area (Å²) in [6.07, 6.45) is 4.22. The summed E-state index contributed by atoms with van der Waals surface area (Å²) in [5.41, 5.74) is 1.28. The highest BCUT2D eigenvalue weighted by Crippen LogP contribution is 2.37. The highest BCUT2D eigenvalue weighted by molar-refractivity contribution is 5.45. The van der Waals surface area contributed by atoms with Crippen LogP contribution in [0, 0.1) is 5.82 Å². The number of hydrogen-bond acceptors (Lipinski definition) is 0.